The number of rotatable bonds is 6. The summed E-state index contributed by atoms with van der Waals surface area (Å²) in [5.74, 6) is -0.550. The summed E-state index contributed by atoms with van der Waals surface area (Å²) < 4.78 is 49.8. The molecule has 3 rings (SSSR count). The van der Waals surface area contributed by atoms with Crippen LogP contribution in [0.2, 0.25) is 0 Å². The molecular weight excluding hydrogens is 395 g/mol. The summed E-state index contributed by atoms with van der Waals surface area (Å²) in [6, 6.07) is 8.22. The fourth-order valence-corrected chi connectivity index (χ4v) is 4.02. The summed E-state index contributed by atoms with van der Waals surface area (Å²) >= 11 is 0. The van der Waals surface area contributed by atoms with Gasteiger partial charge < -0.3 is 20.1 Å². The van der Waals surface area contributed by atoms with Crippen molar-refractivity contribution in [2.24, 2.45) is 10.9 Å². The second-order valence-electron chi connectivity index (χ2n) is 8.10. The normalized spacial score (nSPS) is 23.9. The van der Waals surface area contributed by atoms with Gasteiger partial charge in [-0.25, -0.2) is 0 Å². The van der Waals surface area contributed by atoms with Gasteiger partial charge in [0.05, 0.1) is 18.6 Å². The molecule has 0 unspecified atom stereocenters. The van der Waals surface area contributed by atoms with E-state index < -0.39 is 12.1 Å². The minimum absolute atomic E-state index is 0.0222. The molecule has 1 saturated carbocycles. The number of halogens is 3. The number of alkyl halides is 3. The van der Waals surface area contributed by atoms with Gasteiger partial charge in [-0.1, -0.05) is 24.3 Å². The fraction of sp³-hybridized carbons (Fsp3) is 0.682. The predicted octanol–water partition coefficient (Wildman–Crippen LogP) is 4.17. The minimum atomic E-state index is -4.08. The second kappa shape index (κ2) is 11.0. The molecule has 0 spiro atoms. The summed E-state index contributed by atoms with van der Waals surface area (Å²) in [6.45, 7) is 2.69. The van der Waals surface area contributed by atoms with Crippen molar-refractivity contribution in [2.45, 2.75) is 70.0 Å². The molecule has 0 atom stereocenters. The molecule has 0 bridgehead atoms. The lowest BCUT2D eigenvalue weighted by Gasteiger charge is -2.31. The van der Waals surface area contributed by atoms with Crippen LogP contribution in [0.1, 0.15) is 49.7 Å². The van der Waals surface area contributed by atoms with E-state index >= 15 is 0 Å². The van der Waals surface area contributed by atoms with Gasteiger partial charge in [-0.2, -0.15) is 13.2 Å². The van der Waals surface area contributed by atoms with Crippen LogP contribution in [-0.2, 0) is 22.6 Å². The zero-order valence-corrected chi connectivity index (χ0v) is 17.5. The van der Waals surface area contributed by atoms with Crippen LogP contribution in [-0.4, -0.2) is 44.5 Å². The van der Waals surface area contributed by atoms with Gasteiger partial charge in [-0.15, -0.1) is 0 Å². The van der Waals surface area contributed by atoms with Crippen molar-refractivity contribution in [2.75, 3.05) is 20.3 Å². The lowest BCUT2D eigenvalue weighted by molar-refractivity contribution is -0.182. The van der Waals surface area contributed by atoms with Gasteiger partial charge in [-0.3, -0.25) is 4.99 Å². The summed E-state index contributed by atoms with van der Waals surface area (Å²) in [6.07, 6.45) is -0.586. The molecule has 1 saturated heterocycles. The molecule has 1 heterocycles. The molecule has 2 N–H and O–H groups in total. The van der Waals surface area contributed by atoms with Crippen molar-refractivity contribution in [1.29, 1.82) is 0 Å². The third kappa shape index (κ3) is 7.16. The number of nitrogens with one attached hydrogen (secondary N) is 2. The van der Waals surface area contributed by atoms with Gasteiger partial charge in [0.15, 0.2) is 5.96 Å². The number of hydrogen-bond donors (Lipinski definition) is 2. The second-order valence-corrected chi connectivity index (χ2v) is 8.10. The van der Waals surface area contributed by atoms with Gasteiger partial charge in [0.1, 0.15) is 0 Å². The first-order chi connectivity index (χ1) is 14.4. The fourth-order valence-electron chi connectivity index (χ4n) is 4.02. The van der Waals surface area contributed by atoms with E-state index in [0.29, 0.717) is 32.0 Å². The average molecular weight is 428 g/mol. The maximum atomic E-state index is 12.8. The Bertz CT molecular complexity index is 682. The first kappa shape index (κ1) is 22.9. The highest BCUT2D eigenvalue weighted by atomic mass is 19.4. The van der Waals surface area contributed by atoms with Crippen molar-refractivity contribution < 1.29 is 22.6 Å². The molecule has 0 aromatic heterocycles. The Morgan fingerprint density at radius 3 is 2.47 bits per heavy atom. The van der Waals surface area contributed by atoms with E-state index in [0.717, 1.165) is 37.2 Å². The summed E-state index contributed by atoms with van der Waals surface area (Å²) in [4.78, 5) is 4.22. The molecule has 1 aliphatic heterocycles. The Kier molecular flexibility index (Phi) is 8.39. The topological polar surface area (TPSA) is 54.9 Å². The van der Waals surface area contributed by atoms with E-state index in [-0.39, 0.29) is 25.0 Å². The van der Waals surface area contributed by atoms with Crippen LogP contribution in [0.4, 0.5) is 13.2 Å². The van der Waals surface area contributed by atoms with Crippen molar-refractivity contribution in [3.63, 3.8) is 0 Å². The first-order valence-corrected chi connectivity index (χ1v) is 10.7. The largest absolute Gasteiger partial charge is 0.391 e. The van der Waals surface area contributed by atoms with E-state index in [1.807, 2.05) is 12.1 Å². The van der Waals surface area contributed by atoms with E-state index in [4.69, 9.17) is 9.47 Å². The molecule has 5 nitrogen and oxygen atoms in total. The highest BCUT2D eigenvalue weighted by Crippen LogP contribution is 2.37. The van der Waals surface area contributed by atoms with Crippen molar-refractivity contribution >= 4 is 5.96 Å². The van der Waals surface area contributed by atoms with Crippen LogP contribution in [0.15, 0.2) is 29.3 Å². The van der Waals surface area contributed by atoms with Crippen molar-refractivity contribution in [3.05, 3.63) is 35.4 Å². The van der Waals surface area contributed by atoms with Crippen LogP contribution >= 0.6 is 0 Å². The van der Waals surface area contributed by atoms with E-state index in [1.165, 1.54) is 0 Å². The minimum Gasteiger partial charge on any atom is -0.381 e. The SMILES string of the molecule is CN=C(NCc1cccc(COC2CCOCC2)c1)NC1CCC(C(F)(F)F)CC1. The molecule has 2 fully saturated rings. The number of ether oxygens (including phenoxy) is 2. The van der Waals surface area contributed by atoms with Gasteiger partial charge in [0.2, 0.25) is 0 Å². The van der Waals surface area contributed by atoms with Crippen LogP contribution in [0.5, 0.6) is 0 Å². The van der Waals surface area contributed by atoms with Crippen LogP contribution in [0, 0.1) is 5.92 Å². The molecule has 2 aliphatic rings. The summed E-state index contributed by atoms with van der Waals surface area (Å²) in [5, 5.41) is 6.53. The lowest BCUT2D eigenvalue weighted by atomic mass is 9.85. The number of nitrogens with zero attached hydrogens (tertiary/aromatic N) is 1. The first-order valence-electron chi connectivity index (χ1n) is 10.7. The molecule has 0 radical (unpaired) electrons. The van der Waals surface area contributed by atoms with Crippen LogP contribution in [0.25, 0.3) is 0 Å². The molecule has 1 aromatic carbocycles. The average Bonchev–Trinajstić information content (AvgIpc) is 2.76. The smallest absolute Gasteiger partial charge is 0.381 e. The maximum Gasteiger partial charge on any atom is 0.391 e. The highest BCUT2D eigenvalue weighted by molar-refractivity contribution is 5.79. The third-order valence-electron chi connectivity index (χ3n) is 5.86. The van der Waals surface area contributed by atoms with Gasteiger partial charge in [0, 0.05) is 32.8 Å². The standard InChI is InChI=1S/C22H32F3N3O2/c1-26-21(28-19-7-5-18(6-8-19)22(23,24)25)27-14-16-3-2-4-17(13-16)15-30-20-9-11-29-12-10-20/h2-4,13,18-20H,5-12,14-15H2,1H3,(H2,26,27,28). The molecule has 0 amide bonds. The Hall–Kier alpha value is -1.80. The maximum absolute atomic E-state index is 12.8. The molecule has 1 aromatic rings. The van der Waals surface area contributed by atoms with Gasteiger partial charge in [-0.05, 0) is 49.7 Å². The molecule has 30 heavy (non-hydrogen) atoms. The number of hydrogen-bond acceptors (Lipinski definition) is 3. The highest BCUT2D eigenvalue weighted by Gasteiger charge is 2.41. The Labute approximate surface area is 176 Å². The summed E-state index contributed by atoms with van der Waals surface area (Å²) in [7, 11) is 1.68. The summed E-state index contributed by atoms with van der Waals surface area (Å²) in [5.41, 5.74) is 2.22. The van der Waals surface area contributed by atoms with Crippen molar-refractivity contribution in [3.8, 4) is 0 Å². The zero-order valence-electron chi connectivity index (χ0n) is 17.5. The van der Waals surface area contributed by atoms with E-state index in [9.17, 15) is 13.2 Å². The number of aliphatic imine (C=N–C) groups is 1. The quantitative estimate of drug-likeness (QED) is 0.529. The molecule has 168 valence electrons. The van der Waals surface area contributed by atoms with Gasteiger partial charge in [0.25, 0.3) is 0 Å². The van der Waals surface area contributed by atoms with Gasteiger partial charge >= 0.3 is 6.18 Å². The zero-order chi connectivity index (χ0) is 21.4. The van der Waals surface area contributed by atoms with Crippen molar-refractivity contribution in [1.82, 2.24) is 10.6 Å². The predicted molar refractivity (Wildman–Crippen MR) is 110 cm³/mol. The molecule has 1 aliphatic carbocycles. The monoisotopic (exact) mass is 427 g/mol. The number of guanidine groups is 1. The van der Waals surface area contributed by atoms with E-state index in [2.05, 4.69) is 27.8 Å². The Morgan fingerprint density at radius 2 is 1.80 bits per heavy atom. The van der Waals surface area contributed by atoms with Crippen LogP contribution < -0.4 is 10.6 Å². The Morgan fingerprint density at radius 1 is 1.10 bits per heavy atom. The van der Waals surface area contributed by atoms with Crippen LogP contribution in [0.3, 0.4) is 0 Å². The third-order valence-corrected chi connectivity index (χ3v) is 5.86. The van der Waals surface area contributed by atoms with E-state index in [1.54, 1.807) is 7.05 Å². The number of benzene rings is 1. The molecule has 8 heteroatoms. The lowest BCUT2D eigenvalue weighted by Crippen LogP contribution is -2.45. The Balaban J connectivity index is 1.42. The molecular formula is C22H32F3N3O2.